The first-order valence-electron chi connectivity index (χ1n) is 5.75. The second-order valence-corrected chi connectivity index (χ2v) is 5.72. The van der Waals surface area contributed by atoms with Crippen molar-refractivity contribution < 1.29 is 9.84 Å². The van der Waals surface area contributed by atoms with Crippen molar-refractivity contribution in [2.75, 3.05) is 31.7 Å². The Balaban J connectivity index is 1.95. The van der Waals surface area contributed by atoms with Crippen LogP contribution in [-0.4, -0.2) is 36.9 Å². The first-order chi connectivity index (χ1) is 8.20. The summed E-state index contributed by atoms with van der Waals surface area (Å²) in [5.41, 5.74) is 0. The van der Waals surface area contributed by atoms with Crippen molar-refractivity contribution in [3.8, 4) is 0 Å². The fraction of sp³-hybridized carbons (Fsp3) is 0.727. The smallest absolute Gasteiger partial charge is 0.186 e. The van der Waals surface area contributed by atoms with Gasteiger partial charge in [0.15, 0.2) is 5.13 Å². The second kappa shape index (κ2) is 6.00. The van der Waals surface area contributed by atoms with E-state index in [-0.39, 0.29) is 6.61 Å². The molecule has 0 atom stereocenters. The number of aliphatic hydroxyl groups is 1. The van der Waals surface area contributed by atoms with Gasteiger partial charge >= 0.3 is 0 Å². The van der Waals surface area contributed by atoms with Crippen molar-refractivity contribution in [3.05, 3.63) is 10.0 Å². The molecule has 4 nitrogen and oxygen atoms in total. The molecular formula is C11H17ClN2O2S. The quantitative estimate of drug-likeness (QED) is 0.915. The molecule has 2 rings (SSSR count). The molecule has 0 bridgehead atoms. The highest BCUT2D eigenvalue weighted by molar-refractivity contribution is 7.16. The van der Waals surface area contributed by atoms with Crippen LogP contribution in [0.5, 0.6) is 0 Å². The lowest BCUT2D eigenvalue weighted by atomic mass is 10.0. The summed E-state index contributed by atoms with van der Waals surface area (Å²) in [6.45, 7) is 2.65. The molecule has 0 aliphatic carbocycles. The Bertz CT molecular complexity index is 366. The number of hydrogen-bond donors (Lipinski definition) is 1. The van der Waals surface area contributed by atoms with Crippen molar-refractivity contribution in [3.63, 3.8) is 0 Å². The van der Waals surface area contributed by atoms with Crippen LogP contribution in [0.4, 0.5) is 5.13 Å². The van der Waals surface area contributed by atoms with E-state index >= 15 is 0 Å². The zero-order valence-corrected chi connectivity index (χ0v) is 11.4. The molecule has 96 valence electrons. The monoisotopic (exact) mass is 276 g/mol. The summed E-state index contributed by atoms with van der Waals surface area (Å²) in [4.78, 5) is 7.12. The summed E-state index contributed by atoms with van der Waals surface area (Å²) < 4.78 is 5.34. The molecule has 6 heteroatoms. The van der Waals surface area contributed by atoms with Crippen molar-refractivity contribution in [2.24, 2.45) is 5.92 Å². The largest absolute Gasteiger partial charge is 0.391 e. The van der Waals surface area contributed by atoms with Crippen LogP contribution in [0.1, 0.15) is 17.7 Å². The number of aliphatic hydroxyl groups excluding tert-OH is 1. The lowest BCUT2D eigenvalue weighted by molar-refractivity contribution is 0.0685. The van der Waals surface area contributed by atoms with Crippen LogP contribution in [0.15, 0.2) is 0 Å². The molecule has 0 saturated carbocycles. The number of aromatic nitrogens is 1. The van der Waals surface area contributed by atoms with Crippen molar-refractivity contribution in [1.29, 1.82) is 0 Å². The number of nitrogens with zero attached hydrogens (tertiary/aromatic N) is 2. The van der Waals surface area contributed by atoms with E-state index in [4.69, 9.17) is 21.4 Å². The molecule has 1 aromatic rings. The minimum Gasteiger partial charge on any atom is -0.391 e. The maximum Gasteiger partial charge on any atom is 0.186 e. The van der Waals surface area contributed by atoms with E-state index in [9.17, 15) is 0 Å². The van der Waals surface area contributed by atoms with Gasteiger partial charge < -0.3 is 14.7 Å². The van der Waals surface area contributed by atoms with E-state index in [0.29, 0.717) is 11.1 Å². The van der Waals surface area contributed by atoms with Gasteiger partial charge in [0.1, 0.15) is 5.15 Å². The molecule has 1 N–H and O–H groups in total. The number of anilines is 1. The molecule has 1 aliphatic rings. The summed E-state index contributed by atoms with van der Waals surface area (Å²) >= 11 is 7.38. The lowest BCUT2D eigenvalue weighted by Gasteiger charge is -2.26. The van der Waals surface area contributed by atoms with E-state index in [0.717, 1.165) is 42.6 Å². The zero-order chi connectivity index (χ0) is 12.3. The molecule has 17 heavy (non-hydrogen) atoms. The third kappa shape index (κ3) is 3.31. The molecule has 1 fully saturated rings. The maximum atomic E-state index is 9.09. The Hall–Kier alpha value is -0.360. The first-order valence-corrected chi connectivity index (χ1v) is 6.95. The number of rotatable bonds is 4. The third-order valence-electron chi connectivity index (χ3n) is 2.98. The number of thiazole rings is 1. The summed E-state index contributed by atoms with van der Waals surface area (Å²) in [5, 5.41) is 10.4. The van der Waals surface area contributed by atoms with E-state index in [1.165, 1.54) is 11.3 Å². The average molecular weight is 277 g/mol. The standard InChI is InChI=1S/C11H17ClN2O2S/c1-14(6-8-2-4-16-5-3-8)11-13-10(12)9(7-15)17-11/h8,15H,2-7H2,1H3. The van der Waals surface area contributed by atoms with Crippen LogP contribution in [0.2, 0.25) is 5.15 Å². The van der Waals surface area contributed by atoms with Crippen LogP contribution in [-0.2, 0) is 11.3 Å². The van der Waals surface area contributed by atoms with E-state index in [1.807, 2.05) is 7.05 Å². The van der Waals surface area contributed by atoms with Gasteiger partial charge in [0, 0.05) is 26.8 Å². The molecule has 0 radical (unpaired) electrons. The molecule has 0 aromatic carbocycles. The van der Waals surface area contributed by atoms with Crippen LogP contribution in [0, 0.1) is 5.92 Å². The Morgan fingerprint density at radius 3 is 2.82 bits per heavy atom. The Morgan fingerprint density at radius 1 is 1.53 bits per heavy atom. The van der Waals surface area contributed by atoms with Gasteiger partial charge in [-0.25, -0.2) is 4.98 Å². The van der Waals surface area contributed by atoms with Crippen molar-refractivity contribution >= 4 is 28.1 Å². The van der Waals surface area contributed by atoms with Gasteiger partial charge in [-0.15, -0.1) is 0 Å². The van der Waals surface area contributed by atoms with Gasteiger partial charge in [-0.2, -0.15) is 0 Å². The van der Waals surface area contributed by atoms with Crippen LogP contribution >= 0.6 is 22.9 Å². The lowest BCUT2D eigenvalue weighted by Crippen LogP contribution is -2.29. The van der Waals surface area contributed by atoms with Crippen LogP contribution < -0.4 is 4.90 Å². The van der Waals surface area contributed by atoms with E-state index in [2.05, 4.69) is 9.88 Å². The minimum atomic E-state index is -0.0401. The van der Waals surface area contributed by atoms with Gasteiger partial charge in [0.05, 0.1) is 11.5 Å². The second-order valence-electron chi connectivity index (χ2n) is 4.30. The van der Waals surface area contributed by atoms with Gasteiger partial charge in [-0.05, 0) is 18.8 Å². The fourth-order valence-electron chi connectivity index (χ4n) is 1.98. The Labute approximate surface area is 110 Å². The van der Waals surface area contributed by atoms with Gasteiger partial charge in [0.25, 0.3) is 0 Å². The SMILES string of the molecule is CN(CC1CCOCC1)c1nc(Cl)c(CO)s1. The summed E-state index contributed by atoms with van der Waals surface area (Å²) in [6.07, 6.45) is 2.21. The molecule has 1 saturated heterocycles. The Morgan fingerprint density at radius 2 is 2.24 bits per heavy atom. The van der Waals surface area contributed by atoms with Gasteiger partial charge in [0.2, 0.25) is 0 Å². The van der Waals surface area contributed by atoms with Crippen molar-refractivity contribution in [2.45, 2.75) is 19.4 Å². The molecule has 0 amide bonds. The zero-order valence-electron chi connectivity index (χ0n) is 9.86. The first kappa shape index (κ1) is 13.1. The molecule has 0 spiro atoms. The number of hydrogen-bond acceptors (Lipinski definition) is 5. The molecule has 0 unspecified atom stereocenters. The third-order valence-corrected chi connectivity index (χ3v) is 4.56. The highest BCUT2D eigenvalue weighted by Crippen LogP contribution is 2.30. The van der Waals surface area contributed by atoms with Gasteiger partial charge in [-0.3, -0.25) is 0 Å². The Kier molecular flexibility index (Phi) is 4.62. The fourth-order valence-corrected chi connectivity index (χ4v) is 3.06. The minimum absolute atomic E-state index is 0.0401. The van der Waals surface area contributed by atoms with E-state index in [1.54, 1.807) is 0 Å². The van der Waals surface area contributed by atoms with Gasteiger partial charge in [-0.1, -0.05) is 22.9 Å². The molecule has 2 heterocycles. The topological polar surface area (TPSA) is 45.6 Å². The van der Waals surface area contributed by atoms with Crippen LogP contribution in [0.25, 0.3) is 0 Å². The highest BCUT2D eigenvalue weighted by Gasteiger charge is 2.18. The predicted molar refractivity (Wildman–Crippen MR) is 69.9 cm³/mol. The molecular weight excluding hydrogens is 260 g/mol. The summed E-state index contributed by atoms with van der Waals surface area (Å²) in [5.74, 6) is 0.661. The van der Waals surface area contributed by atoms with Crippen molar-refractivity contribution in [1.82, 2.24) is 4.98 Å². The maximum absolute atomic E-state index is 9.09. The summed E-state index contributed by atoms with van der Waals surface area (Å²) in [7, 11) is 2.02. The average Bonchev–Trinajstić information content (AvgIpc) is 2.72. The predicted octanol–water partition coefficient (Wildman–Crippen LogP) is 2.15. The highest BCUT2D eigenvalue weighted by atomic mass is 35.5. The normalized spacial score (nSPS) is 17.4. The molecule has 1 aromatic heterocycles. The number of halogens is 1. The summed E-state index contributed by atoms with van der Waals surface area (Å²) in [6, 6.07) is 0. The van der Waals surface area contributed by atoms with Crippen LogP contribution in [0.3, 0.4) is 0 Å². The number of ether oxygens (including phenoxy) is 1. The van der Waals surface area contributed by atoms with E-state index < -0.39 is 0 Å². The molecule has 1 aliphatic heterocycles.